The van der Waals surface area contributed by atoms with Crippen LogP contribution in [0.5, 0.6) is 0 Å². The van der Waals surface area contributed by atoms with Crippen LogP contribution in [0.25, 0.3) is 0 Å². The van der Waals surface area contributed by atoms with Gasteiger partial charge in [-0.05, 0) is 40.9 Å². The molecule has 2 rings (SSSR count). The number of hydrogen-bond donors (Lipinski definition) is 0. The van der Waals surface area contributed by atoms with Crippen LogP contribution in [0.3, 0.4) is 0 Å². The maximum absolute atomic E-state index is 11.4. The zero-order chi connectivity index (χ0) is 15.4. The molecule has 2 aromatic rings. The molecule has 0 unspecified atom stereocenters. The summed E-state index contributed by atoms with van der Waals surface area (Å²) < 4.78 is 4.65. The maximum Gasteiger partial charge on any atom is 0.337 e. The van der Waals surface area contributed by atoms with Crippen molar-refractivity contribution in [1.29, 1.82) is 0 Å². The number of nitrogens with zero attached hydrogens (tertiary/aromatic N) is 4. The van der Waals surface area contributed by atoms with Crippen molar-refractivity contribution >= 4 is 35.1 Å². The van der Waals surface area contributed by atoms with E-state index in [2.05, 4.69) is 19.7 Å². The van der Waals surface area contributed by atoms with Crippen molar-refractivity contribution in [3.8, 4) is 0 Å². The highest BCUT2D eigenvalue weighted by atomic mass is 35.5. The molecule has 0 atom stereocenters. The van der Waals surface area contributed by atoms with E-state index in [1.807, 2.05) is 12.1 Å². The van der Waals surface area contributed by atoms with E-state index in [-0.39, 0.29) is 16.5 Å². The first-order valence-electron chi connectivity index (χ1n) is 5.95. The van der Waals surface area contributed by atoms with E-state index in [0.29, 0.717) is 18.1 Å². The van der Waals surface area contributed by atoms with Gasteiger partial charge in [0.25, 0.3) is 0 Å². The fourth-order valence-corrected chi connectivity index (χ4v) is 2.05. The van der Waals surface area contributed by atoms with Crippen LogP contribution in [0.1, 0.15) is 15.9 Å². The molecule has 0 aliphatic rings. The lowest BCUT2D eigenvalue weighted by Crippen LogP contribution is -2.19. The summed E-state index contributed by atoms with van der Waals surface area (Å²) in [6.45, 7) is 0.526. The largest absolute Gasteiger partial charge is 0.465 e. The van der Waals surface area contributed by atoms with E-state index >= 15 is 0 Å². The number of methoxy groups -OCH3 is 1. The number of benzene rings is 1. The van der Waals surface area contributed by atoms with Crippen LogP contribution in [0.15, 0.2) is 24.3 Å². The molecular formula is C13H12Cl2N4O2. The summed E-state index contributed by atoms with van der Waals surface area (Å²) in [6, 6.07) is 7.05. The van der Waals surface area contributed by atoms with Gasteiger partial charge in [-0.2, -0.15) is 15.0 Å². The van der Waals surface area contributed by atoms with Crippen molar-refractivity contribution in [2.45, 2.75) is 6.54 Å². The zero-order valence-electron chi connectivity index (χ0n) is 11.4. The van der Waals surface area contributed by atoms with Gasteiger partial charge in [-0.1, -0.05) is 12.1 Å². The summed E-state index contributed by atoms with van der Waals surface area (Å²) in [7, 11) is 3.15. The molecule has 1 aromatic heterocycles. The first-order chi connectivity index (χ1) is 9.99. The number of carbonyl (C=O) groups excluding carboxylic acids is 1. The molecule has 0 aliphatic carbocycles. The topological polar surface area (TPSA) is 68.2 Å². The smallest absolute Gasteiger partial charge is 0.337 e. The van der Waals surface area contributed by atoms with Crippen molar-refractivity contribution in [2.75, 3.05) is 19.1 Å². The number of ether oxygens (including phenoxy) is 1. The Hall–Kier alpha value is -1.92. The van der Waals surface area contributed by atoms with Gasteiger partial charge in [-0.15, -0.1) is 0 Å². The van der Waals surface area contributed by atoms with E-state index in [9.17, 15) is 4.79 Å². The van der Waals surface area contributed by atoms with Gasteiger partial charge in [0.2, 0.25) is 16.5 Å². The van der Waals surface area contributed by atoms with Crippen molar-refractivity contribution < 1.29 is 9.53 Å². The molecule has 0 bridgehead atoms. The van der Waals surface area contributed by atoms with Crippen molar-refractivity contribution in [3.05, 3.63) is 46.0 Å². The normalized spacial score (nSPS) is 10.3. The average Bonchev–Trinajstić information content (AvgIpc) is 2.46. The van der Waals surface area contributed by atoms with Crippen LogP contribution in [0.4, 0.5) is 5.95 Å². The third kappa shape index (κ3) is 4.03. The quantitative estimate of drug-likeness (QED) is 0.804. The molecule has 0 radical (unpaired) electrons. The van der Waals surface area contributed by atoms with Gasteiger partial charge in [-0.25, -0.2) is 4.79 Å². The summed E-state index contributed by atoms with van der Waals surface area (Å²) in [4.78, 5) is 24.8. The highest BCUT2D eigenvalue weighted by Crippen LogP contribution is 2.15. The van der Waals surface area contributed by atoms with Gasteiger partial charge in [0.1, 0.15) is 0 Å². The second-order valence-corrected chi connectivity index (χ2v) is 4.89. The predicted octanol–water partition coefficient (Wildman–Crippen LogP) is 2.60. The maximum atomic E-state index is 11.4. The van der Waals surface area contributed by atoms with Gasteiger partial charge in [0, 0.05) is 13.6 Å². The Balaban J connectivity index is 2.12. The highest BCUT2D eigenvalue weighted by molar-refractivity contribution is 6.31. The summed E-state index contributed by atoms with van der Waals surface area (Å²) >= 11 is 11.5. The Morgan fingerprint density at radius 3 is 2.24 bits per heavy atom. The number of rotatable bonds is 4. The van der Waals surface area contributed by atoms with E-state index < -0.39 is 0 Å². The highest BCUT2D eigenvalue weighted by Gasteiger charge is 2.10. The predicted molar refractivity (Wildman–Crippen MR) is 79.7 cm³/mol. The fourth-order valence-electron chi connectivity index (χ4n) is 1.70. The molecular weight excluding hydrogens is 315 g/mol. The second-order valence-electron chi connectivity index (χ2n) is 4.22. The summed E-state index contributed by atoms with van der Waals surface area (Å²) in [5, 5.41) is 0.0794. The molecule has 0 aliphatic heterocycles. The van der Waals surface area contributed by atoms with Crippen molar-refractivity contribution in [3.63, 3.8) is 0 Å². The molecule has 21 heavy (non-hydrogen) atoms. The Bertz CT molecular complexity index is 629. The lowest BCUT2D eigenvalue weighted by atomic mass is 10.1. The van der Waals surface area contributed by atoms with Gasteiger partial charge in [-0.3, -0.25) is 0 Å². The van der Waals surface area contributed by atoms with Crippen LogP contribution < -0.4 is 4.90 Å². The monoisotopic (exact) mass is 326 g/mol. The Kier molecular flexibility index (Phi) is 4.93. The number of carbonyl (C=O) groups is 1. The second kappa shape index (κ2) is 6.69. The molecule has 0 amide bonds. The summed E-state index contributed by atoms with van der Waals surface area (Å²) in [5.41, 5.74) is 1.47. The number of aromatic nitrogens is 3. The molecule has 6 nitrogen and oxygen atoms in total. The number of hydrogen-bond acceptors (Lipinski definition) is 6. The third-order valence-corrected chi connectivity index (χ3v) is 3.04. The van der Waals surface area contributed by atoms with Crippen LogP contribution in [-0.2, 0) is 11.3 Å². The Labute approximate surface area is 131 Å². The average molecular weight is 327 g/mol. The first-order valence-corrected chi connectivity index (χ1v) is 6.70. The summed E-state index contributed by atoms with van der Waals surface area (Å²) in [5.74, 6) is 0.00276. The van der Waals surface area contributed by atoms with Crippen LogP contribution >= 0.6 is 23.2 Å². The van der Waals surface area contributed by atoms with E-state index in [1.165, 1.54) is 7.11 Å². The van der Waals surface area contributed by atoms with Gasteiger partial charge in [0.05, 0.1) is 12.7 Å². The summed E-state index contributed by atoms with van der Waals surface area (Å²) in [6.07, 6.45) is 0. The van der Waals surface area contributed by atoms with Crippen LogP contribution in [0.2, 0.25) is 10.6 Å². The molecule has 1 heterocycles. The zero-order valence-corrected chi connectivity index (χ0v) is 12.9. The standard InChI is InChI=1S/C13H12Cl2N4O2/c1-19(13-17-11(14)16-12(15)18-13)7-8-3-5-9(6-4-8)10(20)21-2/h3-6H,7H2,1-2H3. The van der Waals surface area contributed by atoms with E-state index in [4.69, 9.17) is 23.2 Å². The molecule has 0 N–H and O–H groups in total. The molecule has 0 spiro atoms. The van der Waals surface area contributed by atoms with Gasteiger partial charge >= 0.3 is 5.97 Å². The Morgan fingerprint density at radius 2 is 1.71 bits per heavy atom. The van der Waals surface area contributed by atoms with E-state index in [1.54, 1.807) is 24.1 Å². The minimum Gasteiger partial charge on any atom is -0.465 e. The fraction of sp³-hybridized carbons (Fsp3) is 0.231. The van der Waals surface area contributed by atoms with Crippen LogP contribution in [-0.4, -0.2) is 35.1 Å². The molecule has 0 fully saturated rings. The van der Waals surface area contributed by atoms with Crippen LogP contribution in [0, 0.1) is 0 Å². The molecule has 0 saturated carbocycles. The molecule has 1 aromatic carbocycles. The third-order valence-electron chi connectivity index (χ3n) is 2.71. The SMILES string of the molecule is COC(=O)c1ccc(CN(C)c2nc(Cl)nc(Cl)n2)cc1. The minimum absolute atomic E-state index is 0.0397. The number of esters is 1. The molecule has 0 saturated heterocycles. The molecule has 8 heteroatoms. The first kappa shape index (κ1) is 15.5. The van der Waals surface area contributed by atoms with Crippen molar-refractivity contribution in [1.82, 2.24) is 15.0 Å². The van der Waals surface area contributed by atoms with E-state index in [0.717, 1.165) is 5.56 Å². The van der Waals surface area contributed by atoms with Gasteiger partial charge < -0.3 is 9.64 Å². The minimum atomic E-state index is -0.370. The number of halogens is 2. The molecule has 110 valence electrons. The van der Waals surface area contributed by atoms with Crippen molar-refractivity contribution in [2.24, 2.45) is 0 Å². The lowest BCUT2D eigenvalue weighted by molar-refractivity contribution is 0.0600. The Morgan fingerprint density at radius 1 is 1.14 bits per heavy atom. The lowest BCUT2D eigenvalue weighted by Gasteiger charge is -2.17. The number of anilines is 1. The van der Waals surface area contributed by atoms with Gasteiger partial charge in [0.15, 0.2) is 0 Å².